The van der Waals surface area contributed by atoms with Crippen molar-refractivity contribution in [3.8, 4) is 0 Å². The van der Waals surface area contributed by atoms with E-state index in [0.29, 0.717) is 34.6 Å². The van der Waals surface area contributed by atoms with E-state index in [9.17, 15) is 24.0 Å². The van der Waals surface area contributed by atoms with E-state index < -0.39 is 17.7 Å². The van der Waals surface area contributed by atoms with E-state index in [-0.39, 0.29) is 41.8 Å². The van der Waals surface area contributed by atoms with E-state index in [2.05, 4.69) is 21.3 Å². The van der Waals surface area contributed by atoms with Crippen molar-refractivity contribution in [1.82, 2.24) is 23.6 Å². The Morgan fingerprint density at radius 3 is 1.42 bits per heavy atom. The van der Waals surface area contributed by atoms with Crippen LogP contribution in [0.15, 0.2) is 49.1 Å². The molecule has 4 heterocycles. The minimum absolute atomic E-state index is 0.0326. The van der Waals surface area contributed by atoms with Gasteiger partial charge in [-0.3, -0.25) is 29.4 Å². The topological polar surface area (TPSA) is 203 Å². The molecule has 0 spiro atoms. The first kappa shape index (κ1) is 30.1. The first-order valence-corrected chi connectivity index (χ1v) is 13.0. The third-order valence-corrected chi connectivity index (χ3v) is 6.56. The van der Waals surface area contributed by atoms with Gasteiger partial charge in [0.1, 0.15) is 22.8 Å². The molecule has 15 heteroatoms. The minimum Gasteiger partial charge on any atom is -0.388 e. The maximum absolute atomic E-state index is 13.0. The maximum Gasteiger partial charge on any atom is 0.272 e. The van der Waals surface area contributed by atoms with Crippen molar-refractivity contribution in [2.24, 2.45) is 33.9 Å². The molecule has 0 aliphatic heterocycles. The number of carbonyl (C=O) groups is 5. The Kier molecular flexibility index (Phi) is 8.64. The number of aromatic nitrogens is 4. The lowest BCUT2D eigenvalue weighted by atomic mass is 10.3. The molecule has 0 atom stereocenters. The molecule has 0 saturated carbocycles. The summed E-state index contributed by atoms with van der Waals surface area (Å²) in [7, 11) is 6.62. The first-order valence-electron chi connectivity index (χ1n) is 13.0. The second-order valence-electron chi connectivity index (χ2n) is 9.96. The van der Waals surface area contributed by atoms with E-state index in [0.717, 1.165) is 0 Å². The molecule has 0 aromatic carbocycles. The largest absolute Gasteiger partial charge is 0.388 e. The smallest absolute Gasteiger partial charge is 0.272 e. The molecule has 7 N–H and O–H groups in total. The summed E-state index contributed by atoms with van der Waals surface area (Å²) in [5.41, 5.74) is 7.93. The third-order valence-electron chi connectivity index (χ3n) is 6.56. The van der Waals surface area contributed by atoms with Crippen LogP contribution < -0.4 is 27.0 Å². The van der Waals surface area contributed by atoms with E-state index in [1.165, 1.54) is 35.0 Å². The molecule has 0 aliphatic rings. The van der Waals surface area contributed by atoms with Gasteiger partial charge in [0.2, 0.25) is 0 Å². The molecule has 0 bridgehead atoms. The summed E-state index contributed by atoms with van der Waals surface area (Å²) in [6, 6.07) is 6.01. The van der Waals surface area contributed by atoms with Crippen LogP contribution in [0.1, 0.15) is 58.7 Å². The number of rotatable bonds is 11. The van der Waals surface area contributed by atoms with Gasteiger partial charge in [-0.15, -0.1) is 0 Å². The molecular formula is C28H32N10O5. The van der Waals surface area contributed by atoms with Crippen molar-refractivity contribution in [2.45, 2.75) is 6.42 Å². The standard InChI is InChI=1S/C28H32N10O5/c1-35-11-16(15-39)7-20(35)26(41)32-18-9-22(37(3)13-18)28(43)34-19-10-23(38(4)14-19)27(42)33-17-8-21(36(2)12-17)25(40)31-6-5-24(29)30/h7-15H,5-6H2,1-4H3,(H3,29,30)(H,31,40)(H,32,41)(H,33,42)(H,34,43). The predicted octanol–water partition coefficient (Wildman–Crippen LogP) is 1.67. The fourth-order valence-electron chi connectivity index (χ4n) is 4.44. The van der Waals surface area contributed by atoms with Crippen LogP contribution in [0.2, 0.25) is 0 Å². The van der Waals surface area contributed by atoms with Gasteiger partial charge in [0.05, 0.1) is 22.9 Å². The van der Waals surface area contributed by atoms with Gasteiger partial charge in [0, 0.05) is 71.5 Å². The normalized spacial score (nSPS) is 10.7. The van der Waals surface area contributed by atoms with Crippen molar-refractivity contribution < 1.29 is 24.0 Å². The average Bonchev–Trinajstić information content (AvgIpc) is 3.69. The molecular weight excluding hydrogens is 556 g/mol. The van der Waals surface area contributed by atoms with Crippen LogP contribution in [0.25, 0.3) is 0 Å². The number of nitrogens with zero attached hydrogens (tertiary/aromatic N) is 4. The van der Waals surface area contributed by atoms with Crippen LogP contribution in [0, 0.1) is 5.41 Å². The summed E-state index contributed by atoms with van der Waals surface area (Å²) in [5, 5.41) is 18.1. The number of amides is 4. The maximum atomic E-state index is 13.0. The summed E-state index contributed by atoms with van der Waals surface area (Å²) in [6.45, 7) is 0.217. The molecule has 43 heavy (non-hydrogen) atoms. The van der Waals surface area contributed by atoms with Crippen molar-refractivity contribution in [3.63, 3.8) is 0 Å². The Bertz CT molecular complexity index is 1750. The predicted molar refractivity (Wildman–Crippen MR) is 160 cm³/mol. The van der Waals surface area contributed by atoms with Gasteiger partial charge in [-0.25, -0.2) is 0 Å². The number of aldehydes is 1. The summed E-state index contributed by atoms with van der Waals surface area (Å²) in [4.78, 5) is 62.2. The number of anilines is 3. The fourth-order valence-corrected chi connectivity index (χ4v) is 4.44. The number of nitrogens with one attached hydrogen (secondary N) is 5. The fraction of sp³-hybridized carbons (Fsp3) is 0.214. The van der Waals surface area contributed by atoms with Crippen LogP contribution in [-0.2, 0) is 28.2 Å². The molecule has 4 aromatic rings. The molecule has 4 rings (SSSR count). The zero-order valence-electron chi connectivity index (χ0n) is 24.0. The SMILES string of the molecule is Cn1cc(NC(=O)c2cc(NC(=O)c3cc(NC(=O)c4cc(C=O)cn4C)cn3C)cn2C)cc1C(=O)NCCC(=N)N. The van der Waals surface area contributed by atoms with Gasteiger partial charge in [0.25, 0.3) is 23.6 Å². The molecule has 0 radical (unpaired) electrons. The summed E-state index contributed by atoms with van der Waals surface area (Å²) < 4.78 is 6.19. The number of hydrogen-bond donors (Lipinski definition) is 6. The van der Waals surface area contributed by atoms with E-state index in [1.807, 2.05) is 0 Å². The third kappa shape index (κ3) is 6.90. The zero-order valence-corrected chi connectivity index (χ0v) is 24.0. The second kappa shape index (κ2) is 12.3. The molecule has 0 unspecified atom stereocenters. The van der Waals surface area contributed by atoms with E-state index in [1.54, 1.807) is 60.5 Å². The highest BCUT2D eigenvalue weighted by atomic mass is 16.2. The molecule has 4 aromatic heterocycles. The van der Waals surface area contributed by atoms with Crippen molar-refractivity contribution >= 4 is 52.8 Å². The molecule has 0 fully saturated rings. The number of amidine groups is 1. The average molecular weight is 589 g/mol. The molecule has 224 valence electrons. The van der Waals surface area contributed by atoms with Crippen molar-refractivity contribution in [1.29, 1.82) is 5.41 Å². The zero-order chi connectivity index (χ0) is 31.4. The van der Waals surface area contributed by atoms with E-state index >= 15 is 0 Å². The highest BCUT2D eigenvalue weighted by molar-refractivity contribution is 6.08. The van der Waals surface area contributed by atoms with Crippen LogP contribution >= 0.6 is 0 Å². The second-order valence-corrected chi connectivity index (χ2v) is 9.96. The van der Waals surface area contributed by atoms with Gasteiger partial charge in [0.15, 0.2) is 6.29 Å². The molecule has 15 nitrogen and oxygen atoms in total. The highest BCUT2D eigenvalue weighted by Crippen LogP contribution is 2.20. The molecule has 0 saturated heterocycles. The van der Waals surface area contributed by atoms with Crippen LogP contribution in [0.4, 0.5) is 17.1 Å². The summed E-state index contributed by atoms with van der Waals surface area (Å²) in [6.07, 6.45) is 7.17. The lowest BCUT2D eigenvalue weighted by Crippen LogP contribution is -2.28. The van der Waals surface area contributed by atoms with Gasteiger partial charge < -0.3 is 45.3 Å². The summed E-state index contributed by atoms with van der Waals surface area (Å²) in [5.74, 6) is -1.77. The lowest BCUT2D eigenvalue weighted by Gasteiger charge is -2.04. The lowest BCUT2D eigenvalue weighted by molar-refractivity contribution is 0.0944. The number of hydrogen-bond acceptors (Lipinski definition) is 6. The van der Waals surface area contributed by atoms with Crippen LogP contribution in [-0.4, -0.2) is 60.6 Å². The Labute approximate surface area is 246 Å². The quantitative estimate of drug-likeness (QED) is 0.0873. The van der Waals surface area contributed by atoms with Crippen molar-refractivity contribution in [3.05, 3.63) is 77.4 Å². The Morgan fingerprint density at radius 2 is 1.05 bits per heavy atom. The first-order chi connectivity index (χ1) is 20.4. The van der Waals surface area contributed by atoms with Gasteiger partial charge in [-0.05, 0) is 24.3 Å². The van der Waals surface area contributed by atoms with Gasteiger partial charge in [-0.2, -0.15) is 0 Å². The Morgan fingerprint density at radius 1 is 0.674 bits per heavy atom. The highest BCUT2D eigenvalue weighted by Gasteiger charge is 2.19. The van der Waals surface area contributed by atoms with Gasteiger partial charge in [-0.1, -0.05) is 0 Å². The minimum atomic E-state index is -0.467. The van der Waals surface area contributed by atoms with Crippen molar-refractivity contribution in [2.75, 3.05) is 22.5 Å². The molecule has 0 aliphatic carbocycles. The van der Waals surface area contributed by atoms with Crippen LogP contribution in [0.5, 0.6) is 0 Å². The summed E-state index contributed by atoms with van der Waals surface area (Å²) >= 11 is 0. The monoisotopic (exact) mass is 588 g/mol. The molecule has 4 amide bonds. The Balaban J connectivity index is 1.40. The van der Waals surface area contributed by atoms with E-state index in [4.69, 9.17) is 11.1 Å². The number of aryl methyl sites for hydroxylation is 4. The van der Waals surface area contributed by atoms with Crippen LogP contribution in [0.3, 0.4) is 0 Å². The van der Waals surface area contributed by atoms with Gasteiger partial charge >= 0.3 is 0 Å². The number of carbonyl (C=O) groups excluding carboxylic acids is 5. The number of nitrogens with two attached hydrogens (primary N) is 1. The Hall–Kier alpha value is -5.86.